The molecule has 0 bridgehead atoms. The van der Waals surface area contributed by atoms with Crippen LogP contribution in [0.2, 0.25) is 0 Å². The van der Waals surface area contributed by atoms with E-state index in [1.54, 1.807) is 0 Å². The van der Waals surface area contributed by atoms with Gasteiger partial charge >= 0.3 is 0 Å². The van der Waals surface area contributed by atoms with Gasteiger partial charge < -0.3 is 5.73 Å². The van der Waals surface area contributed by atoms with Crippen molar-refractivity contribution in [3.63, 3.8) is 0 Å². The maximum absolute atomic E-state index is 13.5. The first-order valence-electron chi connectivity index (χ1n) is 4.70. The molecule has 4 nitrogen and oxygen atoms in total. The molecule has 0 saturated heterocycles. The number of nitrogens with two attached hydrogens (primary N) is 1. The van der Waals surface area contributed by atoms with Gasteiger partial charge in [-0.3, -0.25) is 4.72 Å². The van der Waals surface area contributed by atoms with E-state index < -0.39 is 15.8 Å². The van der Waals surface area contributed by atoms with Crippen LogP contribution in [-0.2, 0) is 10.0 Å². The van der Waals surface area contributed by atoms with Crippen LogP contribution in [0.15, 0.2) is 38.3 Å². The van der Waals surface area contributed by atoms with Crippen molar-refractivity contribution in [1.82, 2.24) is 0 Å². The second-order valence-electron chi connectivity index (χ2n) is 3.43. The van der Waals surface area contributed by atoms with E-state index in [9.17, 15) is 12.8 Å². The van der Waals surface area contributed by atoms with E-state index >= 15 is 0 Å². The summed E-state index contributed by atoms with van der Waals surface area (Å²) < 4.78 is 40.1. The summed E-state index contributed by atoms with van der Waals surface area (Å²) in [6, 6.07) is 5.33. The molecule has 1 aromatic carbocycles. The summed E-state index contributed by atoms with van der Waals surface area (Å²) in [7, 11) is -3.80. The summed E-state index contributed by atoms with van der Waals surface area (Å²) >= 11 is 4.12. The van der Waals surface area contributed by atoms with Crippen molar-refractivity contribution in [2.45, 2.75) is 4.21 Å². The quantitative estimate of drug-likeness (QED) is 0.893. The number of nitrogens with one attached hydrogen (secondary N) is 1. The van der Waals surface area contributed by atoms with Crippen molar-refractivity contribution >= 4 is 48.7 Å². The van der Waals surface area contributed by atoms with E-state index in [0.717, 1.165) is 11.3 Å². The standard InChI is InChI=1S/C10H8BrFN2O2S2/c11-6-1-2-8(12)9(3-6)14-18(15,16)10-4-7(13)5-17-10/h1-5,14H,13H2. The van der Waals surface area contributed by atoms with Gasteiger partial charge in [0.15, 0.2) is 0 Å². The van der Waals surface area contributed by atoms with Gasteiger partial charge in [-0.25, -0.2) is 12.8 Å². The minimum absolute atomic E-state index is 0.0411. The number of halogens is 2. The summed E-state index contributed by atoms with van der Waals surface area (Å²) in [4.78, 5) is 0. The third-order valence-electron chi connectivity index (χ3n) is 2.03. The second kappa shape index (κ2) is 4.87. The van der Waals surface area contributed by atoms with Crippen LogP contribution < -0.4 is 10.5 Å². The van der Waals surface area contributed by atoms with Crippen molar-refractivity contribution in [1.29, 1.82) is 0 Å². The monoisotopic (exact) mass is 350 g/mol. The van der Waals surface area contributed by atoms with Crippen LogP contribution in [0.5, 0.6) is 0 Å². The zero-order chi connectivity index (χ0) is 13.3. The molecule has 0 aliphatic rings. The SMILES string of the molecule is Nc1csc(S(=O)(=O)Nc2cc(Br)ccc2F)c1. The number of hydrogen-bond donors (Lipinski definition) is 2. The normalized spacial score (nSPS) is 11.4. The number of anilines is 2. The summed E-state index contributed by atoms with van der Waals surface area (Å²) in [6.07, 6.45) is 0. The second-order valence-corrected chi connectivity index (χ2v) is 7.16. The Bertz CT molecular complexity index is 685. The molecule has 0 unspecified atom stereocenters. The lowest BCUT2D eigenvalue weighted by Crippen LogP contribution is -2.12. The van der Waals surface area contributed by atoms with Crippen LogP contribution in [-0.4, -0.2) is 8.42 Å². The molecule has 8 heteroatoms. The third kappa shape index (κ3) is 2.82. The van der Waals surface area contributed by atoms with Crippen molar-refractivity contribution < 1.29 is 12.8 Å². The molecule has 1 heterocycles. The molecule has 1 aromatic heterocycles. The van der Waals surface area contributed by atoms with Crippen LogP contribution in [0, 0.1) is 5.82 Å². The largest absolute Gasteiger partial charge is 0.398 e. The lowest BCUT2D eigenvalue weighted by Gasteiger charge is -2.07. The molecule has 2 aromatic rings. The molecular formula is C10H8BrFN2O2S2. The Hall–Kier alpha value is -1.12. The first-order valence-corrected chi connectivity index (χ1v) is 7.86. The van der Waals surface area contributed by atoms with Gasteiger partial charge in [0.2, 0.25) is 0 Å². The summed E-state index contributed by atoms with van der Waals surface area (Å²) in [5.41, 5.74) is 5.70. The minimum Gasteiger partial charge on any atom is -0.398 e. The lowest BCUT2D eigenvalue weighted by atomic mass is 10.3. The zero-order valence-electron chi connectivity index (χ0n) is 8.85. The van der Waals surface area contributed by atoms with Crippen LogP contribution in [0.25, 0.3) is 0 Å². The van der Waals surface area contributed by atoms with Crippen molar-refractivity contribution in [2.75, 3.05) is 10.5 Å². The van der Waals surface area contributed by atoms with Gasteiger partial charge in [-0.05, 0) is 24.3 Å². The summed E-state index contributed by atoms with van der Waals surface area (Å²) in [5.74, 6) is -0.647. The van der Waals surface area contributed by atoms with Crippen LogP contribution in [0.4, 0.5) is 15.8 Å². The minimum atomic E-state index is -3.80. The summed E-state index contributed by atoms with van der Waals surface area (Å²) in [5, 5.41) is 1.51. The smallest absolute Gasteiger partial charge is 0.271 e. The average molecular weight is 351 g/mol. The molecule has 0 fully saturated rings. The Morgan fingerprint density at radius 1 is 1.33 bits per heavy atom. The number of rotatable bonds is 3. The number of thiophene rings is 1. The molecule has 18 heavy (non-hydrogen) atoms. The van der Waals surface area contributed by atoms with E-state index in [1.165, 1.54) is 29.6 Å². The van der Waals surface area contributed by atoms with Crippen molar-refractivity contribution in [2.24, 2.45) is 0 Å². The molecule has 0 spiro atoms. The Morgan fingerprint density at radius 3 is 2.67 bits per heavy atom. The fraction of sp³-hybridized carbons (Fsp3) is 0. The van der Waals surface area contributed by atoms with E-state index in [4.69, 9.17) is 5.73 Å². The Labute approximate surface area is 116 Å². The predicted octanol–water partition coefficient (Wildman–Crippen LogP) is 3.03. The fourth-order valence-electron chi connectivity index (χ4n) is 1.24. The van der Waals surface area contributed by atoms with E-state index in [1.807, 2.05) is 0 Å². The van der Waals surface area contributed by atoms with E-state index in [2.05, 4.69) is 20.7 Å². The Kier molecular flexibility index (Phi) is 3.60. The highest BCUT2D eigenvalue weighted by Crippen LogP contribution is 2.26. The maximum Gasteiger partial charge on any atom is 0.271 e. The molecule has 0 amide bonds. The van der Waals surface area contributed by atoms with Crippen LogP contribution >= 0.6 is 27.3 Å². The topological polar surface area (TPSA) is 72.2 Å². The highest BCUT2D eigenvalue weighted by Gasteiger charge is 2.18. The fourth-order valence-corrected chi connectivity index (χ4v) is 3.74. The third-order valence-corrected chi connectivity index (χ3v) is 5.35. The molecule has 0 saturated carbocycles. The molecule has 0 aliphatic carbocycles. The van der Waals surface area contributed by atoms with E-state index in [-0.39, 0.29) is 9.90 Å². The number of hydrogen-bond acceptors (Lipinski definition) is 4. The van der Waals surface area contributed by atoms with Gasteiger partial charge in [-0.1, -0.05) is 15.9 Å². The molecular weight excluding hydrogens is 343 g/mol. The number of benzene rings is 1. The van der Waals surface area contributed by atoms with Gasteiger partial charge in [0.25, 0.3) is 10.0 Å². The molecule has 2 rings (SSSR count). The number of nitrogen functional groups attached to an aromatic ring is 1. The first-order chi connectivity index (χ1) is 8.38. The Morgan fingerprint density at radius 2 is 2.06 bits per heavy atom. The van der Waals surface area contributed by atoms with Gasteiger partial charge in [0.1, 0.15) is 10.0 Å². The average Bonchev–Trinajstić information content (AvgIpc) is 2.71. The van der Waals surface area contributed by atoms with Crippen LogP contribution in [0.1, 0.15) is 0 Å². The van der Waals surface area contributed by atoms with Gasteiger partial charge in [0, 0.05) is 15.5 Å². The molecule has 0 atom stereocenters. The van der Waals surface area contributed by atoms with E-state index in [0.29, 0.717) is 10.2 Å². The predicted molar refractivity (Wildman–Crippen MR) is 73.6 cm³/mol. The van der Waals surface area contributed by atoms with Crippen molar-refractivity contribution in [3.05, 3.63) is 39.9 Å². The highest BCUT2D eigenvalue weighted by molar-refractivity contribution is 9.10. The highest BCUT2D eigenvalue weighted by atomic mass is 79.9. The molecule has 0 radical (unpaired) electrons. The maximum atomic E-state index is 13.5. The zero-order valence-corrected chi connectivity index (χ0v) is 12.1. The summed E-state index contributed by atoms with van der Waals surface area (Å²) in [6.45, 7) is 0. The van der Waals surface area contributed by atoms with Gasteiger partial charge in [-0.15, -0.1) is 11.3 Å². The molecule has 96 valence electrons. The molecule has 0 aliphatic heterocycles. The van der Waals surface area contributed by atoms with Crippen LogP contribution in [0.3, 0.4) is 0 Å². The Balaban J connectivity index is 2.36. The number of sulfonamides is 1. The lowest BCUT2D eigenvalue weighted by molar-refractivity contribution is 0.600. The van der Waals surface area contributed by atoms with Gasteiger partial charge in [0.05, 0.1) is 5.69 Å². The molecule has 3 N–H and O–H groups in total. The first kappa shape index (κ1) is 13.3. The van der Waals surface area contributed by atoms with Gasteiger partial charge in [-0.2, -0.15) is 0 Å². The van der Waals surface area contributed by atoms with Crippen molar-refractivity contribution in [3.8, 4) is 0 Å².